The van der Waals surface area contributed by atoms with Crippen molar-refractivity contribution in [1.82, 2.24) is 14.7 Å². The highest BCUT2D eigenvalue weighted by Gasteiger charge is 2.21. The van der Waals surface area contributed by atoms with E-state index in [-0.39, 0.29) is 0 Å². The van der Waals surface area contributed by atoms with E-state index < -0.39 is 0 Å². The third-order valence-electron chi connectivity index (χ3n) is 3.74. The number of rotatable bonds is 2. The summed E-state index contributed by atoms with van der Waals surface area (Å²) in [6.45, 7) is 0. The molecule has 0 saturated heterocycles. The molecule has 0 atom stereocenters. The molecule has 0 radical (unpaired) electrons. The van der Waals surface area contributed by atoms with Gasteiger partial charge >= 0.3 is 0 Å². The summed E-state index contributed by atoms with van der Waals surface area (Å²) in [5.41, 5.74) is 2.55. The smallest absolute Gasteiger partial charge is 0.181 e. The minimum Gasteiger partial charge on any atom is -0.493 e. The van der Waals surface area contributed by atoms with Gasteiger partial charge in [-0.1, -0.05) is 12.1 Å². The highest BCUT2D eigenvalue weighted by atomic mass is 16.5. The van der Waals surface area contributed by atoms with Crippen LogP contribution in [0.15, 0.2) is 36.4 Å². The zero-order valence-electron chi connectivity index (χ0n) is 12.1. The molecule has 0 aliphatic carbocycles. The highest BCUT2D eigenvalue weighted by molar-refractivity contribution is 5.98. The SMILES string of the molecule is COc1cc2nc3nc4ccccc4n(O)c-3c2cc1OC. The molecule has 0 fully saturated rings. The van der Waals surface area contributed by atoms with Gasteiger partial charge in [-0.2, -0.15) is 4.73 Å². The van der Waals surface area contributed by atoms with Crippen LogP contribution in [0, 0.1) is 0 Å². The topological polar surface area (TPSA) is 69.4 Å². The zero-order chi connectivity index (χ0) is 15.3. The fourth-order valence-corrected chi connectivity index (χ4v) is 2.70. The van der Waals surface area contributed by atoms with Gasteiger partial charge in [0, 0.05) is 11.5 Å². The Balaban J connectivity index is 2.17. The van der Waals surface area contributed by atoms with Crippen molar-refractivity contribution in [3.8, 4) is 23.0 Å². The monoisotopic (exact) mass is 295 g/mol. The lowest BCUT2D eigenvalue weighted by atomic mass is 10.2. The van der Waals surface area contributed by atoms with Gasteiger partial charge < -0.3 is 14.7 Å². The first kappa shape index (κ1) is 12.7. The second-order valence-corrected chi connectivity index (χ2v) is 4.92. The Morgan fingerprint density at radius 2 is 1.64 bits per heavy atom. The van der Waals surface area contributed by atoms with Gasteiger partial charge in [0.1, 0.15) is 11.2 Å². The number of para-hydroxylation sites is 2. The lowest BCUT2D eigenvalue weighted by Gasteiger charge is -2.10. The Kier molecular flexibility index (Phi) is 2.59. The van der Waals surface area contributed by atoms with Crippen molar-refractivity contribution < 1.29 is 14.7 Å². The number of methoxy groups -OCH3 is 2. The summed E-state index contributed by atoms with van der Waals surface area (Å²) in [4.78, 5) is 9.00. The molecular weight excluding hydrogens is 282 g/mol. The second-order valence-electron chi connectivity index (χ2n) is 4.92. The van der Waals surface area contributed by atoms with Gasteiger partial charge in [-0.25, -0.2) is 9.97 Å². The van der Waals surface area contributed by atoms with Gasteiger partial charge in [-0.05, 0) is 18.2 Å². The fourth-order valence-electron chi connectivity index (χ4n) is 2.70. The van der Waals surface area contributed by atoms with E-state index in [9.17, 15) is 5.21 Å². The molecule has 0 unspecified atom stereocenters. The molecule has 22 heavy (non-hydrogen) atoms. The summed E-state index contributed by atoms with van der Waals surface area (Å²) in [6.07, 6.45) is 0. The number of fused-ring (bicyclic) bond motifs is 4. The molecule has 2 aliphatic heterocycles. The number of hydrogen-bond acceptors (Lipinski definition) is 5. The lowest BCUT2D eigenvalue weighted by Crippen LogP contribution is -2.02. The summed E-state index contributed by atoms with van der Waals surface area (Å²) >= 11 is 0. The van der Waals surface area contributed by atoms with Gasteiger partial charge in [0.15, 0.2) is 17.3 Å². The predicted molar refractivity (Wildman–Crippen MR) is 81.9 cm³/mol. The lowest BCUT2D eigenvalue weighted by molar-refractivity contribution is 0.203. The van der Waals surface area contributed by atoms with Crippen LogP contribution in [0.1, 0.15) is 0 Å². The standard InChI is InChI=1S/C16H13N3O3/c1-21-13-7-9-11(8-14(13)22-2)18-16-15(9)19(20)12-6-4-3-5-10(12)17-16/h3-8,20H,1-2H3. The Morgan fingerprint density at radius 1 is 0.955 bits per heavy atom. The van der Waals surface area contributed by atoms with Crippen LogP contribution in [-0.4, -0.2) is 34.1 Å². The maximum absolute atomic E-state index is 10.6. The van der Waals surface area contributed by atoms with Crippen molar-refractivity contribution in [3.63, 3.8) is 0 Å². The average molecular weight is 295 g/mol. The molecule has 6 nitrogen and oxygen atoms in total. The summed E-state index contributed by atoms with van der Waals surface area (Å²) in [7, 11) is 3.15. The molecule has 2 aromatic rings. The molecule has 2 heterocycles. The number of ether oxygens (including phenoxy) is 2. The van der Waals surface area contributed by atoms with E-state index in [0.29, 0.717) is 39.6 Å². The maximum atomic E-state index is 10.6. The van der Waals surface area contributed by atoms with E-state index in [4.69, 9.17) is 9.47 Å². The first-order valence-corrected chi connectivity index (χ1v) is 6.75. The zero-order valence-corrected chi connectivity index (χ0v) is 12.1. The minimum absolute atomic E-state index is 0.478. The average Bonchev–Trinajstić information content (AvgIpc) is 2.90. The molecule has 0 amide bonds. The van der Waals surface area contributed by atoms with Crippen LogP contribution in [0.5, 0.6) is 11.5 Å². The van der Waals surface area contributed by atoms with E-state index >= 15 is 0 Å². The molecule has 0 saturated carbocycles. The Hall–Kier alpha value is -3.02. The second kappa shape index (κ2) is 4.49. The molecular formula is C16H13N3O3. The van der Waals surface area contributed by atoms with E-state index in [1.54, 1.807) is 32.4 Å². The van der Waals surface area contributed by atoms with Gasteiger partial charge in [-0.3, -0.25) is 0 Å². The highest BCUT2D eigenvalue weighted by Crippen LogP contribution is 2.38. The van der Waals surface area contributed by atoms with E-state index in [1.165, 1.54) is 0 Å². The van der Waals surface area contributed by atoms with E-state index in [2.05, 4.69) is 9.97 Å². The van der Waals surface area contributed by atoms with Gasteiger partial charge in [0.25, 0.3) is 0 Å². The van der Waals surface area contributed by atoms with Crippen molar-refractivity contribution in [2.24, 2.45) is 0 Å². The number of aromatic nitrogens is 3. The third-order valence-corrected chi connectivity index (χ3v) is 3.74. The van der Waals surface area contributed by atoms with Crippen molar-refractivity contribution in [3.05, 3.63) is 36.4 Å². The molecule has 1 N–H and O–H groups in total. The minimum atomic E-state index is 0.478. The van der Waals surface area contributed by atoms with Gasteiger partial charge in [0.2, 0.25) is 0 Å². The van der Waals surface area contributed by atoms with Crippen LogP contribution in [-0.2, 0) is 0 Å². The van der Waals surface area contributed by atoms with Gasteiger partial charge in [0.05, 0.1) is 25.3 Å². The number of nitrogens with zero attached hydrogens (tertiary/aromatic N) is 3. The first-order chi connectivity index (χ1) is 10.7. The van der Waals surface area contributed by atoms with Crippen LogP contribution >= 0.6 is 0 Å². The van der Waals surface area contributed by atoms with Crippen LogP contribution in [0.2, 0.25) is 0 Å². The number of benzene rings is 2. The summed E-state index contributed by atoms with van der Waals surface area (Å²) in [5, 5.41) is 11.3. The van der Waals surface area contributed by atoms with Gasteiger partial charge in [-0.15, -0.1) is 0 Å². The van der Waals surface area contributed by atoms with E-state index in [1.807, 2.05) is 18.2 Å². The molecule has 0 spiro atoms. The van der Waals surface area contributed by atoms with Crippen LogP contribution < -0.4 is 9.47 Å². The van der Waals surface area contributed by atoms with Crippen LogP contribution in [0.3, 0.4) is 0 Å². The normalized spacial score (nSPS) is 11.4. The Bertz CT molecular complexity index is 977. The molecule has 2 aromatic carbocycles. The Labute approximate surface area is 125 Å². The third kappa shape index (κ3) is 1.60. The van der Waals surface area contributed by atoms with Crippen molar-refractivity contribution >= 4 is 21.9 Å². The quantitative estimate of drug-likeness (QED) is 0.576. The largest absolute Gasteiger partial charge is 0.493 e. The van der Waals surface area contributed by atoms with E-state index in [0.717, 1.165) is 10.1 Å². The molecule has 4 rings (SSSR count). The molecule has 6 heteroatoms. The fraction of sp³-hybridized carbons (Fsp3) is 0.125. The summed E-state index contributed by atoms with van der Waals surface area (Å²) in [5.74, 6) is 1.65. The summed E-state index contributed by atoms with van der Waals surface area (Å²) < 4.78 is 11.7. The summed E-state index contributed by atoms with van der Waals surface area (Å²) in [6, 6.07) is 10.9. The van der Waals surface area contributed by atoms with Crippen molar-refractivity contribution in [2.75, 3.05) is 14.2 Å². The first-order valence-electron chi connectivity index (χ1n) is 6.75. The van der Waals surface area contributed by atoms with Crippen molar-refractivity contribution in [1.29, 1.82) is 0 Å². The van der Waals surface area contributed by atoms with Crippen LogP contribution in [0.25, 0.3) is 33.5 Å². The Morgan fingerprint density at radius 3 is 2.41 bits per heavy atom. The predicted octanol–water partition coefficient (Wildman–Crippen LogP) is 2.94. The van der Waals surface area contributed by atoms with Crippen LogP contribution in [0.4, 0.5) is 0 Å². The van der Waals surface area contributed by atoms with Crippen molar-refractivity contribution in [2.45, 2.75) is 0 Å². The molecule has 0 bridgehead atoms. The number of hydrogen-bond donors (Lipinski definition) is 1. The maximum Gasteiger partial charge on any atom is 0.181 e. The molecule has 110 valence electrons. The molecule has 0 aromatic heterocycles. The molecule has 2 aliphatic rings.